The van der Waals surface area contributed by atoms with Crippen LogP contribution in [0.5, 0.6) is 0 Å². The van der Waals surface area contributed by atoms with Crippen molar-refractivity contribution in [2.75, 3.05) is 24.2 Å². The van der Waals surface area contributed by atoms with Gasteiger partial charge >= 0.3 is 0 Å². The van der Waals surface area contributed by atoms with Crippen LogP contribution in [-0.4, -0.2) is 42.2 Å². The van der Waals surface area contributed by atoms with Crippen LogP contribution < -0.4 is 10.0 Å². The normalized spacial score (nSPS) is 11.4. The summed E-state index contributed by atoms with van der Waals surface area (Å²) in [5.41, 5.74) is 2.49. The first kappa shape index (κ1) is 17.3. The predicted octanol–water partition coefficient (Wildman–Crippen LogP) is 1.51. The molecule has 0 fully saturated rings. The summed E-state index contributed by atoms with van der Waals surface area (Å²) >= 11 is 0. The molecule has 0 saturated heterocycles. The van der Waals surface area contributed by atoms with E-state index in [4.69, 9.17) is 0 Å². The van der Waals surface area contributed by atoms with E-state index in [2.05, 4.69) is 25.0 Å². The summed E-state index contributed by atoms with van der Waals surface area (Å²) < 4.78 is 25.3. The lowest BCUT2D eigenvalue weighted by molar-refractivity contribution is 0.584. The topological polar surface area (TPSA) is 96.9 Å². The highest BCUT2D eigenvalue weighted by molar-refractivity contribution is 7.89. The van der Waals surface area contributed by atoms with Crippen LogP contribution in [0.3, 0.4) is 0 Å². The lowest BCUT2D eigenvalue weighted by Gasteiger charge is -2.12. The van der Waals surface area contributed by atoms with Crippen molar-refractivity contribution in [2.24, 2.45) is 0 Å². The molecule has 0 saturated carbocycles. The standard InChI is InChI=1S/C15H21N5O2S/c1-4-23(21,22)18-10-9-17-14-11(2)12(3)19-15(20-14)13-7-5-6-8-16-13/h5-8,18H,4,9-10H2,1-3H3,(H,17,19,20). The van der Waals surface area contributed by atoms with E-state index >= 15 is 0 Å². The van der Waals surface area contributed by atoms with Gasteiger partial charge in [-0.15, -0.1) is 0 Å². The van der Waals surface area contributed by atoms with Crippen molar-refractivity contribution in [2.45, 2.75) is 20.8 Å². The molecular weight excluding hydrogens is 314 g/mol. The molecule has 2 aromatic heterocycles. The monoisotopic (exact) mass is 335 g/mol. The van der Waals surface area contributed by atoms with Gasteiger partial charge < -0.3 is 5.32 Å². The molecule has 0 aromatic carbocycles. The first-order valence-electron chi connectivity index (χ1n) is 7.41. The average Bonchev–Trinajstić information content (AvgIpc) is 2.56. The molecule has 0 spiro atoms. The maximum absolute atomic E-state index is 11.4. The van der Waals surface area contributed by atoms with Crippen LogP contribution in [0.1, 0.15) is 18.2 Å². The minimum atomic E-state index is -3.18. The Kier molecular flexibility index (Phi) is 5.62. The fraction of sp³-hybridized carbons (Fsp3) is 0.400. The Morgan fingerprint density at radius 2 is 1.91 bits per heavy atom. The Labute approximate surface area is 136 Å². The number of aromatic nitrogens is 3. The first-order valence-corrected chi connectivity index (χ1v) is 9.06. The maximum atomic E-state index is 11.4. The molecule has 0 radical (unpaired) electrons. The van der Waals surface area contributed by atoms with Crippen molar-refractivity contribution < 1.29 is 8.42 Å². The summed E-state index contributed by atoms with van der Waals surface area (Å²) in [6.45, 7) is 6.19. The molecule has 2 rings (SSSR count). The third-order valence-electron chi connectivity index (χ3n) is 3.40. The maximum Gasteiger partial charge on any atom is 0.211 e. The summed E-state index contributed by atoms with van der Waals surface area (Å²) in [5.74, 6) is 1.31. The van der Waals surface area contributed by atoms with Crippen LogP contribution in [0.25, 0.3) is 11.5 Å². The van der Waals surface area contributed by atoms with Crippen LogP contribution in [0.4, 0.5) is 5.82 Å². The van der Waals surface area contributed by atoms with Crippen LogP contribution >= 0.6 is 0 Å². The lowest BCUT2D eigenvalue weighted by Crippen LogP contribution is -2.30. The van der Waals surface area contributed by atoms with Gasteiger partial charge in [0.1, 0.15) is 11.5 Å². The fourth-order valence-corrected chi connectivity index (χ4v) is 2.52. The molecule has 0 bridgehead atoms. The zero-order valence-corrected chi connectivity index (χ0v) is 14.3. The van der Waals surface area contributed by atoms with Crippen molar-refractivity contribution >= 4 is 15.8 Å². The van der Waals surface area contributed by atoms with E-state index in [9.17, 15) is 8.42 Å². The van der Waals surface area contributed by atoms with Gasteiger partial charge in [0.05, 0.1) is 5.75 Å². The third kappa shape index (κ3) is 4.70. The SMILES string of the molecule is CCS(=O)(=O)NCCNc1nc(-c2ccccn2)nc(C)c1C. The van der Waals surface area contributed by atoms with Crippen molar-refractivity contribution in [1.29, 1.82) is 0 Å². The molecule has 7 nitrogen and oxygen atoms in total. The highest BCUT2D eigenvalue weighted by Gasteiger charge is 2.10. The number of anilines is 1. The lowest BCUT2D eigenvalue weighted by atomic mass is 10.2. The molecule has 2 aromatic rings. The largest absolute Gasteiger partial charge is 0.368 e. The number of hydrogen-bond donors (Lipinski definition) is 2. The van der Waals surface area contributed by atoms with Crippen LogP contribution in [0, 0.1) is 13.8 Å². The molecule has 0 atom stereocenters. The van der Waals surface area contributed by atoms with E-state index in [1.807, 2.05) is 32.0 Å². The Balaban J connectivity index is 2.11. The van der Waals surface area contributed by atoms with E-state index in [0.717, 1.165) is 11.3 Å². The molecule has 0 aliphatic rings. The number of pyridine rings is 1. The predicted molar refractivity (Wildman–Crippen MR) is 90.7 cm³/mol. The number of sulfonamides is 1. The van der Waals surface area contributed by atoms with Crippen molar-refractivity contribution in [3.8, 4) is 11.5 Å². The average molecular weight is 335 g/mol. The van der Waals surface area contributed by atoms with E-state index < -0.39 is 10.0 Å². The Hall–Kier alpha value is -2.06. The molecule has 2 N–H and O–H groups in total. The molecule has 2 heterocycles. The van der Waals surface area contributed by atoms with Gasteiger partial charge in [-0.3, -0.25) is 4.98 Å². The number of nitrogens with zero attached hydrogens (tertiary/aromatic N) is 3. The van der Waals surface area contributed by atoms with E-state index in [-0.39, 0.29) is 5.75 Å². The quantitative estimate of drug-likeness (QED) is 0.745. The zero-order valence-electron chi connectivity index (χ0n) is 13.5. The highest BCUT2D eigenvalue weighted by atomic mass is 32.2. The summed E-state index contributed by atoms with van der Waals surface area (Å²) in [6, 6.07) is 5.57. The molecule has 0 aliphatic heterocycles. The van der Waals surface area contributed by atoms with Gasteiger partial charge in [-0.2, -0.15) is 0 Å². The van der Waals surface area contributed by atoms with Gasteiger partial charge in [-0.1, -0.05) is 6.07 Å². The van der Waals surface area contributed by atoms with Crippen molar-refractivity contribution in [3.05, 3.63) is 35.7 Å². The smallest absolute Gasteiger partial charge is 0.211 e. The first-order chi connectivity index (χ1) is 10.9. The van der Waals surface area contributed by atoms with Gasteiger partial charge in [0.2, 0.25) is 10.0 Å². The second-order valence-corrected chi connectivity index (χ2v) is 7.14. The van der Waals surface area contributed by atoms with Gasteiger partial charge in [0.15, 0.2) is 5.82 Å². The van der Waals surface area contributed by atoms with E-state index in [1.165, 1.54) is 0 Å². The van der Waals surface area contributed by atoms with Gasteiger partial charge in [0.25, 0.3) is 0 Å². The number of rotatable bonds is 7. The van der Waals surface area contributed by atoms with E-state index in [1.54, 1.807) is 13.1 Å². The summed E-state index contributed by atoms with van der Waals surface area (Å²) in [5, 5.41) is 3.15. The van der Waals surface area contributed by atoms with Gasteiger partial charge in [0, 0.05) is 30.5 Å². The Morgan fingerprint density at radius 3 is 2.57 bits per heavy atom. The molecule has 23 heavy (non-hydrogen) atoms. The van der Waals surface area contributed by atoms with Crippen molar-refractivity contribution in [1.82, 2.24) is 19.7 Å². The number of nitrogens with one attached hydrogen (secondary N) is 2. The second kappa shape index (κ2) is 7.47. The van der Waals surface area contributed by atoms with Gasteiger partial charge in [-0.05, 0) is 32.9 Å². The summed E-state index contributed by atoms with van der Waals surface area (Å²) in [4.78, 5) is 13.2. The second-order valence-electron chi connectivity index (χ2n) is 5.05. The van der Waals surface area contributed by atoms with Crippen LogP contribution in [0.15, 0.2) is 24.4 Å². The van der Waals surface area contributed by atoms with Crippen LogP contribution in [-0.2, 0) is 10.0 Å². The number of aryl methyl sites for hydroxylation is 1. The van der Waals surface area contributed by atoms with Crippen LogP contribution in [0.2, 0.25) is 0 Å². The molecule has 124 valence electrons. The molecule has 0 unspecified atom stereocenters. The number of hydrogen-bond acceptors (Lipinski definition) is 6. The highest BCUT2D eigenvalue weighted by Crippen LogP contribution is 2.19. The summed E-state index contributed by atoms with van der Waals surface area (Å²) in [7, 11) is -3.18. The van der Waals surface area contributed by atoms with Crippen molar-refractivity contribution in [3.63, 3.8) is 0 Å². The van der Waals surface area contributed by atoms with Gasteiger partial charge in [-0.25, -0.2) is 23.1 Å². The zero-order chi connectivity index (χ0) is 16.9. The minimum Gasteiger partial charge on any atom is -0.368 e. The minimum absolute atomic E-state index is 0.0719. The molecular formula is C15H21N5O2S. The summed E-state index contributed by atoms with van der Waals surface area (Å²) in [6.07, 6.45) is 1.69. The molecule has 0 amide bonds. The Morgan fingerprint density at radius 1 is 1.13 bits per heavy atom. The van der Waals surface area contributed by atoms with E-state index in [0.29, 0.717) is 30.4 Å². The Bertz CT molecular complexity index is 763. The fourth-order valence-electron chi connectivity index (χ4n) is 1.90. The third-order valence-corrected chi connectivity index (χ3v) is 4.81. The molecule has 0 aliphatic carbocycles. The molecule has 8 heteroatoms.